The number of likely N-dealkylation sites (N-methyl/N-ethyl adjacent to an activating group) is 1. The van der Waals surface area contributed by atoms with Crippen LogP contribution in [0, 0.1) is 23.7 Å². The Balaban J connectivity index is 1.66. The van der Waals surface area contributed by atoms with E-state index in [9.17, 15) is 18.3 Å². The van der Waals surface area contributed by atoms with Gasteiger partial charge in [-0.1, -0.05) is 37.7 Å². The summed E-state index contributed by atoms with van der Waals surface area (Å²) in [5, 5.41) is 9.84. The highest BCUT2D eigenvalue weighted by atomic mass is 32.2. The van der Waals surface area contributed by atoms with Gasteiger partial charge in [-0.2, -0.15) is 4.31 Å². The van der Waals surface area contributed by atoms with E-state index in [-0.39, 0.29) is 42.2 Å². The van der Waals surface area contributed by atoms with Crippen LogP contribution in [-0.2, 0) is 10.0 Å². The summed E-state index contributed by atoms with van der Waals surface area (Å²) < 4.78 is 35.0. The Morgan fingerprint density at radius 1 is 1.26 bits per heavy atom. The minimum atomic E-state index is -3.94. The van der Waals surface area contributed by atoms with E-state index in [0.717, 1.165) is 6.42 Å². The molecule has 0 unspecified atom stereocenters. The molecule has 1 aliphatic carbocycles. The number of fused-ring (bicyclic) bond motifs is 1. The van der Waals surface area contributed by atoms with Gasteiger partial charge in [0, 0.05) is 43.7 Å². The van der Waals surface area contributed by atoms with Crippen LogP contribution < -0.4 is 4.74 Å². The molecular formula is C29H37N3O5S. The number of sulfonamides is 1. The Labute approximate surface area is 226 Å². The van der Waals surface area contributed by atoms with Crippen LogP contribution in [0.15, 0.2) is 47.5 Å². The van der Waals surface area contributed by atoms with E-state index in [4.69, 9.17) is 4.74 Å². The zero-order valence-corrected chi connectivity index (χ0v) is 23.2. The van der Waals surface area contributed by atoms with Crippen LogP contribution in [0.3, 0.4) is 0 Å². The summed E-state index contributed by atoms with van der Waals surface area (Å²) >= 11 is 0. The lowest BCUT2D eigenvalue weighted by molar-refractivity contribution is 0.0559. The summed E-state index contributed by atoms with van der Waals surface area (Å²) in [6.07, 6.45) is 6.84. The second-order valence-corrected chi connectivity index (χ2v) is 12.3. The fraction of sp³-hybridized carbons (Fsp3) is 0.517. The van der Waals surface area contributed by atoms with Crippen LogP contribution in [0.25, 0.3) is 0 Å². The van der Waals surface area contributed by atoms with Crippen molar-refractivity contribution >= 4 is 15.9 Å². The summed E-state index contributed by atoms with van der Waals surface area (Å²) in [6, 6.07) is 9.48. The highest BCUT2D eigenvalue weighted by Gasteiger charge is 2.38. The molecule has 1 saturated carbocycles. The van der Waals surface area contributed by atoms with Crippen molar-refractivity contribution in [2.24, 2.45) is 11.8 Å². The van der Waals surface area contributed by atoms with Gasteiger partial charge in [0.2, 0.25) is 10.0 Å². The van der Waals surface area contributed by atoms with Crippen molar-refractivity contribution in [3.05, 3.63) is 53.9 Å². The maximum absolute atomic E-state index is 13.7. The molecule has 9 heteroatoms. The number of hydrogen-bond acceptors (Lipinski definition) is 6. The molecule has 1 fully saturated rings. The van der Waals surface area contributed by atoms with Gasteiger partial charge in [-0.3, -0.25) is 9.78 Å². The van der Waals surface area contributed by atoms with Gasteiger partial charge in [0.1, 0.15) is 22.4 Å². The maximum atomic E-state index is 13.7. The fourth-order valence-electron chi connectivity index (χ4n) is 5.07. The van der Waals surface area contributed by atoms with Gasteiger partial charge < -0.3 is 14.7 Å². The smallest absolute Gasteiger partial charge is 0.272 e. The number of carbonyl (C=O) groups excluding carboxylic acids is 1. The minimum Gasteiger partial charge on any atom is -0.487 e. The molecule has 1 aromatic heterocycles. The number of aliphatic hydroxyl groups excluding tert-OH is 1. The third kappa shape index (κ3) is 6.37. The van der Waals surface area contributed by atoms with Crippen LogP contribution >= 0.6 is 0 Å². The normalized spacial score (nSPS) is 22.2. The van der Waals surface area contributed by atoms with Gasteiger partial charge in [-0.15, -0.1) is 0 Å². The first kappa shape index (κ1) is 28.1. The molecule has 3 atom stereocenters. The molecule has 204 valence electrons. The van der Waals surface area contributed by atoms with Crippen molar-refractivity contribution in [1.29, 1.82) is 0 Å². The van der Waals surface area contributed by atoms with E-state index >= 15 is 0 Å². The largest absolute Gasteiger partial charge is 0.487 e. The molecule has 1 aromatic carbocycles. The van der Waals surface area contributed by atoms with E-state index in [0.29, 0.717) is 17.2 Å². The SMILES string of the molecule is C[C@@H]1CN([C@@H](C)CO)S(=O)(=O)c2ccc(C#CCC3CCCC3)cc2O[C@@H]1CN(C)C(=O)c1ccccn1. The monoisotopic (exact) mass is 539 g/mol. The van der Waals surface area contributed by atoms with E-state index in [2.05, 4.69) is 16.8 Å². The number of hydrogen-bond donors (Lipinski definition) is 1. The molecule has 1 aliphatic heterocycles. The first-order chi connectivity index (χ1) is 18.2. The average Bonchev–Trinajstić information content (AvgIpc) is 3.43. The molecule has 8 nitrogen and oxygen atoms in total. The van der Waals surface area contributed by atoms with Crippen molar-refractivity contribution < 1.29 is 23.1 Å². The predicted molar refractivity (Wildman–Crippen MR) is 145 cm³/mol. The van der Waals surface area contributed by atoms with Crippen LogP contribution in [0.4, 0.5) is 0 Å². The summed E-state index contributed by atoms with van der Waals surface area (Å²) in [7, 11) is -2.26. The highest BCUT2D eigenvalue weighted by molar-refractivity contribution is 7.89. The summed E-state index contributed by atoms with van der Waals surface area (Å²) in [4.78, 5) is 18.7. The Morgan fingerprint density at radius 3 is 2.71 bits per heavy atom. The van der Waals surface area contributed by atoms with Crippen molar-refractivity contribution in [3.8, 4) is 17.6 Å². The molecule has 38 heavy (non-hydrogen) atoms. The number of benzene rings is 1. The van der Waals surface area contributed by atoms with Gasteiger partial charge in [0.05, 0.1) is 13.2 Å². The van der Waals surface area contributed by atoms with Gasteiger partial charge in [0.15, 0.2) is 0 Å². The van der Waals surface area contributed by atoms with Crippen LogP contribution in [0.5, 0.6) is 5.75 Å². The summed E-state index contributed by atoms with van der Waals surface area (Å²) in [6.45, 7) is 3.64. The number of carbonyl (C=O) groups is 1. The molecule has 2 aromatic rings. The molecule has 0 radical (unpaired) electrons. The van der Waals surface area contributed by atoms with Gasteiger partial charge in [-0.05, 0) is 56.0 Å². The topological polar surface area (TPSA) is 100 Å². The highest BCUT2D eigenvalue weighted by Crippen LogP contribution is 2.34. The van der Waals surface area contributed by atoms with Gasteiger partial charge in [0.25, 0.3) is 5.91 Å². The first-order valence-corrected chi connectivity index (χ1v) is 14.7. The number of rotatable bonds is 6. The first-order valence-electron chi connectivity index (χ1n) is 13.3. The average molecular weight is 540 g/mol. The van der Waals surface area contributed by atoms with Crippen molar-refractivity contribution in [3.63, 3.8) is 0 Å². The Morgan fingerprint density at radius 2 is 2.03 bits per heavy atom. The van der Waals surface area contributed by atoms with E-state index in [1.165, 1.54) is 36.1 Å². The molecule has 2 heterocycles. The fourth-order valence-corrected chi connectivity index (χ4v) is 6.90. The maximum Gasteiger partial charge on any atom is 0.272 e. The zero-order valence-electron chi connectivity index (χ0n) is 22.3. The van der Waals surface area contributed by atoms with Crippen molar-refractivity contribution in [1.82, 2.24) is 14.2 Å². The predicted octanol–water partition coefficient (Wildman–Crippen LogP) is 3.55. The number of ether oxygens (including phenoxy) is 1. The Kier molecular flexibility index (Phi) is 9.08. The lowest BCUT2D eigenvalue weighted by atomic mass is 10.0. The number of aromatic nitrogens is 1. The third-order valence-corrected chi connectivity index (χ3v) is 9.47. The van der Waals surface area contributed by atoms with Crippen LogP contribution in [-0.4, -0.2) is 72.5 Å². The van der Waals surface area contributed by atoms with Gasteiger partial charge >= 0.3 is 0 Å². The minimum absolute atomic E-state index is 0.0368. The lowest BCUT2D eigenvalue weighted by Crippen LogP contribution is -2.50. The van der Waals surface area contributed by atoms with Crippen molar-refractivity contribution in [2.45, 2.75) is 63.0 Å². The molecular weight excluding hydrogens is 502 g/mol. The van der Waals surface area contributed by atoms with E-state index in [1.54, 1.807) is 55.4 Å². The standard InChI is InChI=1S/C29H37N3O5S/c1-21-18-32(22(2)20-33)38(35,36)28-15-14-24(12-8-11-23-9-4-5-10-23)17-26(28)37-27(21)19-31(3)29(34)25-13-6-7-16-30-25/h6-7,13-17,21-23,27,33H,4-5,9-11,18-20H2,1-3H3/t21-,22+,27-/m1/s1. The number of nitrogens with zero attached hydrogens (tertiary/aromatic N) is 3. The van der Waals surface area contributed by atoms with Crippen molar-refractivity contribution in [2.75, 3.05) is 26.7 Å². The number of amides is 1. The molecule has 0 spiro atoms. The lowest BCUT2D eigenvalue weighted by Gasteiger charge is -2.37. The second kappa shape index (κ2) is 12.3. The zero-order chi connectivity index (χ0) is 27.3. The quantitative estimate of drug-likeness (QED) is 0.564. The van der Waals surface area contributed by atoms with E-state index in [1.807, 2.05) is 6.92 Å². The molecule has 0 bridgehead atoms. The Bertz CT molecular complexity index is 1280. The second-order valence-electron chi connectivity index (χ2n) is 10.5. The number of aliphatic hydroxyl groups is 1. The Hall–Kier alpha value is -2.93. The molecule has 0 saturated heterocycles. The van der Waals surface area contributed by atoms with Crippen LogP contribution in [0.2, 0.25) is 0 Å². The molecule has 2 aliphatic rings. The summed E-state index contributed by atoms with van der Waals surface area (Å²) in [5.41, 5.74) is 1.01. The molecule has 1 amide bonds. The third-order valence-electron chi connectivity index (χ3n) is 7.45. The summed E-state index contributed by atoms with van der Waals surface area (Å²) in [5.74, 6) is 6.77. The van der Waals surface area contributed by atoms with Crippen LogP contribution in [0.1, 0.15) is 62.0 Å². The molecule has 4 rings (SSSR count). The number of pyridine rings is 1. The van der Waals surface area contributed by atoms with E-state index < -0.39 is 22.2 Å². The van der Waals surface area contributed by atoms with Gasteiger partial charge in [-0.25, -0.2) is 8.42 Å². The molecule has 1 N–H and O–H groups in total.